The molecule has 40 heavy (non-hydrogen) atoms. The number of nitro groups is 1. The summed E-state index contributed by atoms with van der Waals surface area (Å²) >= 11 is 0. The zero-order chi connectivity index (χ0) is 28.5. The van der Waals surface area contributed by atoms with E-state index in [1.807, 2.05) is 6.07 Å². The first kappa shape index (κ1) is 27.5. The van der Waals surface area contributed by atoms with Crippen molar-refractivity contribution >= 4 is 34.3 Å². The van der Waals surface area contributed by atoms with Gasteiger partial charge in [0.2, 0.25) is 11.5 Å². The fraction of sp³-hybridized carbons (Fsp3) is 0.103. The standard InChI is InChI=1S/C16H14N2O5.C13H8N2O2/c1-2-23-16(20)13(15(19)11-7-4-3-5-8-11)14-12(18(21)22)9-6-10-17-14;16-12(9-5-2-1-3-6-9)13-11-10(15-17-13)7-4-8-14-11/h3-10,13H,2H2,1H3;1-8H. The Morgan fingerprint density at radius 1 is 0.875 bits per heavy atom. The summed E-state index contributed by atoms with van der Waals surface area (Å²) in [5.41, 5.74) is 1.30. The van der Waals surface area contributed by atoms with Crippen LogP contribution in [0.3, 0.4) is 0 Å². The number of carbonyl (C=O) groups is 3. The molecule has 0 aliphatic carbocycles. The van der Waals surface area contributed by atoms with Crippen molar-refractivity contribution in [1.29, 1.82) is 0 Å². The van der Waals surface area contributed by atoms with Gasteiger partial charge in [0.05, 0.1) is 11.5 Å². The van der Waals surface area contributed by atoms with Gasteiger partial charge in [-0.3, -0.25) is 34.5 Å². The van der Waals surface area contributed by atoms with Gasteiger partial charge in [0.15, 0.2) is 11.7 Å². The molecule has 200 valence electrons. The van der Waals surface area contributed by atoms with Crippen LogP contribution in [0.2, 0.25) is 0 Å². The predicted molar refractivity (Wildman–Crippen MR) is 143 cm³/mol. The predicted octanol–water partition coefficient (Wildman–Crippen LogP) is 4.97. The number of carbonyl (C=O) groups excluding carboxylic acids is 3. The fourth-order valence-corrected chi connectivity index (χ4v) is 3.78. The summed E-state index contributed by atoms with van der Waals surface area (Å²) in [6, 6.07) is 23.1. The third-order valence-electron chi connectivity index (χ3n) is 5.61. The molecule has 0 aliphatic rings. The molecular formula is C29H22N4O7. The van der Waals surface area contributed by atoms with E-state index in [-0.39, 0.29) is 29.4 Å². The zero-order valence-electron chi connectivity index (χ0n) is 21.2. The quantitative estimate of drug-likeness (QED) is 0.0868. The smallest absolute Gasteiger partial charge is 0.323 e. The van der Waals surface area contributed by atoms with Crippen molar-refractivity contribution in [3.63, 3.8) is 0 Å². The van der Waals surface area contributed by atoms with Gasteiger partial charge in [-0.1, -0.05) is 65.8 Å². The highest BCUT2D eigenvalue weighted by atomic mass is 16.6. The Hall–Kier alpha value is -5.58. The number of hydrogen-bond donors (Lipinski definition) is 0. The van der Waals surface area contributed by atoms with E-state index in [1.54, 1.807) is 67.7 Å². The molecule has 3 heterocycles. The highest BCUT2D eigenvalue weighted by Crippen LogP contribution is 2.28. The van der Waals surface area contributed by atoms with Crippen LogP contribution in [0.25, 0.3) is 11.0 Å². The minimum absolute atomic E-state index is 0.0536. The van der Waals surface area contributed by atoms with Crippen molar-refractivity contribution in [2.24, 2.45) is 0 Å². The largest absolute Gasteiger partial charge is 0.465 e. The van der Waals surface area contributed by atoms with E-state index in [1.165, 1.54) is 30.5 Å². The average molecular weight is 539 g/mol. The molecule has 0 amide bonds. The normalized spacial score (nSPS) is 11.1. The number of fused-ring (bicyclic) bond motifs is 1. The highest BCUT2D eigenvalue weighted by molar-refractivity contribution is 6.13. The van der Waals surface area contributed by atoms with E-state index in [2.05, 4.69) is 15.1 Å². The summed E-state index contributed by atoms with van der Waals surface area (Å²) in [6.45, 7) is 1.65. The van der Waals surface area contributed by atoms with Crippen LogP contribution in [-0.2, 0) is 9.53 Å². The maximum absolute atomic E-state index is 12.7. The second kappa shape index (κ2) is 12.8. The monoisotopic (exact) mass is 538 g/mol. The van der Waals surface area contributed by atoms with Gasteiger partial charge in [-0.15, -0.1) is 0 Å². The topological polar surface area (TPSA) is 155 Å². The van der Waals surface area contributed by atoms with Gasteiger partial charge in [0, 0.05) is 29.6 Å². The zero-order valence-corrected chi connectivity index (χ0v) is 21.2. The van der Waals surface area contributed by atoms with Crippen molar-refractivity contribution in [3.05, 3.63) is 130 Å². The lowest BCUT2D eigenvalue weighted by atomic mass is 9.93. The Morgan fingerprint density at radius 2 is 1.50 bits per heavy atom. The number of esters is 1. The molecule has 1 atom stereocenters. The maximum atomic E-state index is 12.7. The van der Waals surface area contributed by atoms with Crippen LogP contribution in [0, 0.1) is 10.1 Å². The fourth-order valence-electron chi connectivity index (χ4n) is 3.78. The van der Waals surface area contributed by atoms with Crippen LogP contribution in [-0.4, -0.2) is 44.2 Å². The number of pyridine rings is 2. The van der Waals surface area contributed by atoms with Gasteiger partial charge >= 0.3 is 5.97 Å². The number of aromatic nitrogens is 3. The molecule has 0 N–H and O–H groups in total. The van der Waals surface area contributed by atoms with E-state index in [0.29, 0.717) is 16.6 Å². The molecule has 5 rings (SSSR count). The number of benzene rings is 2. The van der Waals surface area contributed by atoms with Gasteiger partial charge in [-0.05, 0) is 25.1 Å². The van der Waals surface area contributed by atoms with Crippen molar-refractivity contribution in [1.82, 2.24) is 15.1 Å². The molecule has 11 nitrogen and oxygen atoms in total. The summed E-state index contributed by atoms with van der Waals surface area (Å²) in [5, 5.41) is 15.0. The molecular weight excluding hydrogens is 516 g/mol. The van der Waals surface area contributed by atoms with E-state index < -0.39 is 28.3 Å². The van der Waals surface area contributed by atoms with Crippen LogP contribution in [0.15, 0.2) is 102 Å². The number of ketones is 2. The molecule has 0 spiro atoms. The number of hydrogen-bond acceptors (Lipinski definition) is 10. The van der Waals surface area contributed by atoms with Crippen LogP contribution in [0.4, 0.5) is 5.69 Å². The minimum Gasteiger partial charge on any atom is -0.465 e. The van der Waals surface area contributed by atoms with Crippen LogP contribution >= 0.6 is 0 Å². The van der Waals surface area contributed by atoms with Crippen molar-refractivity contribution in [2.75, 3.05) is 6.61 Å². The van der Waals surface area contributed by atoms with Crippen LogP contribution in [0.1, 0.15) is 45.0 Å². The lowest BCUT2D eigenvalue weighted by Gasteiger charge is -2.14. The third-order valence-corrected chi connectivity index (χ3v) is 5.61. The van der Waals surface area contributed by atoms with Crippen LogP contribution < -0.4 is 0 Å². The Kier molecular flexibility index (Phi) is 8.77. The molecule has 0 radical (unpaired) electrons. The van der Waals surface area contributed by atoms with E-state index >= 15 is 0 Å². The summed E-state index contributed by atoms with van der Waals surface area (Å²) < 4.78 is 9.98. The van der Waals surface area contributed by atoms with Gasteiger partial charge in [-0.2, -0.15) is 0 Å². The number of Topliss-reactive ketones (excluding diaryl/α,β-unsaturated/α-hetero) is 1. The Bertz CT molecular complexity index is 1650. The summed E-state index contributed by atoms with van der Waals surface area (Å²) in [5.74, 6) is -2.94. The molecule has 5 aromatic rings. The molecule has 11 heteroatoms. The molecule has 0 bridgehead atoms. The molecule has 0 aliphatic heterocycles. The van der Waals surface area contributed by atoms with Crippen molar-refractivity contribution in [2.45, 2.75) is 12.8 Å². The Balaban J connectivity index is 0.000000192. The first-order chi connectivity index (χ1) is 19.4. The Morgan fingerprint density at radius 3 is 2.15 bits per heavy atom. The van der Waals surface area contributed by atoms with Gasteiger partial charge in [-0.25, -0.2) is 0 Å². The third kappa shape index (κ3) is 6.10. The van der Waals surface area contributed by atoms with Crippen LogP contribution in [0.5, 0.6) is 0 Å². The lowest BCUT2D eigenvalue weighted by Crippen LogP contribution is -2.26. The van der Waals surface area contributed by atoms with E-state index in [9.17, 15) is 24.5 Å². The number of rotatable bonds is 8. The van der Waals surface area contributed by atoms with Gasteiger partial charge in [0.1, 0.15) is 16.7 Å². The van der Waals surface area contributed by atoms with Gasteiger partial charge in [0.25, 0.3) is 5.69 Å². The van der Waals surface area contributed by atoms with Crippen molar-refractivity contribution < 1.29 is 28.6 Å². The highest BCUT2D eigenvalue weighted by Gasteiger charge is 2.37. The number of ether oxygens (including phenoxy) is 1. The average Bonchev–Trinajstić information content (AvgIpc) is 3.43. The lowest BCUT2D eigenvalue weighted by molar-refractivity contribution is -0.386. The summed E-state index contributed by atoms with van der Waals surface area (Å²) in [7, 11) is 0. The molecule has 3 aromatic heterocycles. The van der Waals surface area contributed by atoms with E-state index in [4.69, 9.17) is 9.26 Å². The van der Waals surface area contributed by atoms with E-state index in [0.717, 1.165) is 0 Å². The second-order valence-corrected chi connectivity index (χ2v) is 8.16. The molecule has 1 unspecified atom stereocenters. The molecule has 2 aromatic carbocycles. The Labute approximate surface area is 227 Å². The first-order valence-electron chi connectivity index (χ1n) is 12.1. The van der Waals surface area contributed by atoms with Gasteiger partial charge < -0.3 is 9.26 Å². The molecule has 0 fully saturated rings. The first-order valence-corrected chi connectivity index (χ1v) is 12.1. The molecule has 0 saturated carbocycles. The van der Waals surface area contributed by atoms with Crippen molar-refractivity contribution in [3.8, 4) is 0 Å². The second-order valence-electron chi connectivity index (χ2n) is 8.16. The summed E-state index contributed by atoms with van der Waals surface area (Å²) in [4.78, 5) is 55.5. The SMILES string of the molecule is CCOC(=O)C(C(=O)c1ccccc1)c1ncccc1[N+](=O)[O-].O=C(c1ccccc1)c1onc2cccnc12. The molecule has 0 saturated heterocycles. The number of nitrogens with zero attached hydrogens (tertiary/aromatic N) is 4. The maximum Gasteiger partial charge on any atom is 0.323 e. The summed E-state index contributed by atoms with van der Waals surface area (Å²) in [6.07, 6.45) is 2.91. The minimum atomic E-state index is -1.47.